The van der Waals surface area contributed by atoms with Gasteiger partial charge in [-0.1, -0.05) is 17.7 Å². The van der Waals surface area contributed by atoms with E-state index in [0.717, 1.165) is 24.0 Å². The van der Waals surface area contributed by atoms with Gasteiger partial charge in [0.15, 0.2) is 5.69 Å². The van der Waals surface area contributed by atoms with Crippen molar-refractivity contribution in [2.45, 2.75) is 26.3 Å². The van der Waals surface area contributed by atoms with Crippen molar-refractivity contribution in [3.05, 3.63) is 46.9 Å². The van der Waals surface area contributed by atoms with E-state index in [1.165, 1.54) is 13.4 Å². The lowest BCUT2D eigenvalue weighted by molar-refractivity contribution is 0.0599. The number of rotatable bonds is 5. The van der Waals surface area contributed by atoms with E-state index in [-0.39, 0.29) is 18.3 Å². The summed E-state index contributed by atoms with van der Waals surface area (Å²) in [7, 11) is 1.39. The van der Waals surface area contributed by atoms with Gasteiger partial charge in [0, 0.05) is 6.54 Å². The standard InChI is InChI=1S/C18H20N4O3/c1-12-5-6-14(18(24)25-2)13(8-12)4-3-7-22-11-21-16-15(23)9-19-10-20-17(16)22/h5-6,8,10-11H,3-4,7,9H2,1-2H3,(H,19,20). The van der Waals surface area contributed by atoms with Crippen LogP contribution in [0.15, 0.2) is 29.5 Å². The molecule has 0 saturated heterocycles. The monoisotopic (exact) mass is 340 g/mol. The fourth-order valence-electron chi connectivity index (χ4n) is 2.90. The Morgan fingerprint density at radius 2 is 2.24 bits per heavy atom. The Morgan fingerprint density at radius 3 is 3.04 bits per heavy atom. The minimum atomic E-state index is -0.324. The van der Waals surface area contributed by atoms with Gasteiger partial charge in [-0.2, -0.15) is 0 Å². The molecule has 0 bridgehead atoms. The van der Waals surface area contributed by atoms with Gasteiger partial charge in [-0.15, -0.1) is 0 Å². The molecule has 1 aromatic carbocycles. The number of benzene rings is 1. The van der Waals surface area contributed by atoms with Crippen LogP contribution in [-0.4, -0.2) is 41.3 Å². The number of aliphatic imine (C=N–C) groups is 1. The summed E-state index contributed by atoms with van der Waals surface area (Å²) in [6.07, 6.45) is 4.70. The molecule has 3 rings (SSSR count). The van der Waals surface area contributed by atoms with Crippen molar-refractivity contribution in [1.82, 2.24) is 9.55 Å². The van der Waals surface area contributed by atoms with Gasteiger partial charge < -0.3 is 14.6 Å². The van der Waals surface area contributed by atoms with Gasteiger partial charge in [0.1, 0.15) is 12.4 Å². The van der Waals surface area contributed by atoms with Gasteiger partial charge in [-0.25, -0.2) is 9.78 Å². The first-order valence-corrected chi connectivity index (χ1v) is 8.11. The Hall–Kier alpha value is -2.96. The Labute approximate surface area is 145 Å². The fraction of sp³-hybridized carbons (Fsp3) is 0.333. The topological polar surface area (TPSA) is 85.6 Å². The van der Waals surface area contributed by atoms with E-state index >= 15 is 0 Å². The average molecular weight is 340 g/mol. The maximum absolute atomic E-state index is 11.9. The van der Waals surface area contributed by atoms with Crippen LogP contribution in [0.5, 0.6) is 0 Å². The number of ketones is 1. The predicted octanol–water partition coefficient (Wildman–Crippen LogP) is 2.25. The van der Waals surface area contributed by atoms with Crippen molar-refractivity contribution < 1.29 is 14.3 Å². The highest BCUT2D eigenvalue weighted by Gasteiger charge is 2.19. The Kier molecular flexibility index (Phi) is 4.92. The number of hydrogen-bond acceptors (Lipinski definition) is 6. The normalized spacial score (nSPS) is 13.1. The van der Waals surface area contributed by atoms with Crippen molar-refractivity contribution in [3.8, 4) is 0 Å². The fourth-order valence-corrected chi connectivity index (χ4v) is 2.90. The molecule has 7 heteroatoms. The number of carbonyl (C=O) groups is 2. The molecule has 0 aliphatic carbocycles. The van der Waals surface area contributed by atoms with Gasteiger partial charge >= 0.3 is 5.97 Å². The number of Topliss-reactive ketones (excluding diaryl/α,β-unsaturated/α-hetero) is 1. The maximum atomic E-state index is 11.9. The zero-order valence-electron chi connectivity index (χ0n) is 14.3. The molecule has 0 unspecified atom stereocenters. The number of esters is 1. The molecule has 0 saturated carbocycles. The van der Waals surface area contributed by atoms with Gasteiger partial charge in [0.05, 0.1) is 25.3 Å². The number of aromatic nitrogens is 2. The lowest BCUT2D eigenvalue weighted by atomic mass is 10.0. The van der Waals surface area contributed by atoms with Crippen molar-refractivity contribution in [2.24, 2.45) is 4.99 Å². The van der Waals surface area contributed by atoms with Gasteiger partial charge in [0.25, 0.3) is 0 Å². The summed E-state index contributed by atoms with van der Waals surface area (Å²) >= 11 is 0. The molecule has 1 aliphatic heterocycles. The highest BCUT2D eigenvalue weighted by Crippen LogP contribution is 2.19. The van der Waals surface area contributed by atoms with Crippen LogP contribution >= 0.6 is 0 Å². The van der Waals surface area contributed by atoms with Crippen molar-refractivity contribution >= 4 is 23.9 Å². The molecule has 0 fully saturated rings. The van der Waals surface area contributed by atoms with E-state index in [1.807, 2.05) is 23.6 Å². The third-order valence-corrected chi connectivity index (χ3v) is 4.14. The Bertz CT molecular complexity index is 839. The van der Waals surface area contributed by atoms with E-state index in [9.17, 15) is 9.59 Å². The Morgan fingerprint density at radius 1 is 1.40 bits per heavy atom. The summed E-state index contributed by atoms with van der Waals surface area (Å²) in [5.74, 6) is 0.250. The minimum Gasteiger partial charge on any atom is -0.465 e. The number of anilines is 1. The SMILES string of the molecule is COC(=O)c1ccc(C)cc1CCCn1cnc2c1NC=NCC2=O. The molecule has 0 spiro atoms. The maximum Gasteiger partial charge on any atom is 0.338 e. The van der Waals surface area contributed by atoms with Crippen LogP contribution in [0.25, 0.3) is 0 Å². The molecule has 2 aromatic rings. The lowest BCUT2D eigenvalue weighted by Gasteiger charge is -2.11. The summed E-state index contributed by atoms with van der Waals surface area (Å²) in [6, 6.07) is 5.71. The van der Waals surface area contributed by atoms with Crippen LogP contribution in [0.1, 0.15) is 38.4 Å². The van der Waals surface area contributed by atoms with Crippen LogP contribution in [0.4, 0.5) is 5.82 Å². The number of aryl methyl sites for hydroxylation is 3. The van der Waals surface area contributed by atoms with E-state index in [0.29, 0.717) is 23.6 Å². The third-order valence-electron chi connectivity index (χ3n) is 4.14. The zero-order valence-corrected chi connectivity index (χ0v) is 14.3. The van der Waals surface area contributed by atoms with Crippen molar-refractivity contribution in [2.75, 3.05) is 19.0 Å². The molecule has 1 aliphatic rings. The highest BCUT2D eigenvalue weighted by molar-refractivity contribution is 6.04. The molecule has 1 aromatic heterocycles. The molecule has 130 valence electrons. The summed E-state index contributed by atoms with van der Waals surface area (Å²) in [6.45, 7) is 2.78. The van der Waals surface area contributed by atoms with Crippen LogP contribution in [0.2, 0.25) is 0 Å². The van der Waals surface area contributed by atoms with Gasteiger partial charge in [-0.3, -0.25) is 9.79 Å². The molecule has 1 N–H and O–H groups in total. The molecular formula is C18H20N4O3. The number of imidazole rings is 1. The number of ether oxygens (including phenoxy) is 1. The molecule has 2 heterocycles. The van der Waals surface area contributed by atoms with Crippen molar-refractivity contribution in [1.29, 1.82) is 0 Å². The van der Waals surface area contributed by atoms with E-state index in [2.05, 4.69) is 15.3 Å². The second-order valence-corrected chi connectivity index (χ2v) is 5.93. The number of methoxy groups -OCH3 is 1. The van der Waals surface area contributed by atoms with E-state index in [1.54, 1.807) is 12.4 Å². The molecule has 0 amide bonds. The number of carbonyl (C=O) groups excluding carboxylic acids is 2. The van der Waals surface area contributed by atoms with Crippen LogP contribution in [0.3, 0.4) is 0 Å². The molecular weight excluding hydrogens is 320 g/mol. The third kappa shape index (κ3) is 3.60. The Balaban J connectivity index is 1.72. The molecule has 0 radical (unpaired) electrons. The van der Waals surface area contributed by atoms with Crippen LogP contribution < -0.4 is 5.32 Å². The molecule has 0 atom stereocenters. The summed E-state index contributed by atoms with van der Waals surface area (Å²) in [4.78, 5) is 32.0. The second-order valence-electron chi connectivity index (χ2n) is 5.93. The lowest BCUT2D eigenvalue weighted by Crippen LogP contribution is -2.09. The summed E-state index contributed by atoms with van der Waals surface area (Å²) in [5, 5.41) is 3.01. The zero-order chi connectivity index (χ0) is 17.8. The predicted molar refractivity (Wildman–Crippen MR) is 94.4 cm³/mol. The minimum absolute atomic E-state index is 0.0957. The number of fused-ring (bicyclic) bond motifs is 1. The summed E-state index contributed by atoms with van der Waals surface area (Å²) < 4.78 is 6.75. The number of hydrogen-bond donors (Lipinski definition) is 1. The smallest absolute Gasteiger partial charge is 0.338 e. The first-order valence-electron chi connectivity index (χ1n) is 8.11. The summed E-state index contributed by atoms with van der Waals surface area (Å²) in [5.41, 5.74) is 3.08. The number of nitrogens with zero attached hydrogens (tertiary/aromatic N) is 3. The number of nitrogens with one attached hydrogen (secondary N) is 1. The highest BCUT2D eigenvalue weighted by atomic mass is 16.5. The van der Waals surface area contributed by atoms with Gasteiger partial charge in [-0.05, 0) is 31.4 Å². The van der Waals surface area contributed by atoms with Crippen LogP contribution in [0, 0.1) is 6.92 Å². The largest absolute Gasteiger partial charge is 0.465 e. The molecule has 7 nitrogen and oxygen atoms in total. The van der Waals surface area contributed by atoms with Crippen molar-refractivity contribution in [3.63, 3.8) is 0 Å². The quantitative estimate of drug-likeness (QED) is 0.844. The first-order chi connectivity index (χ1) is 12.1. The second kappa shape index (κ2) is 7.29. The van der Waals surface area contributed by atoms with Gasteiger partial charge in [0.2, 0.25) is 5.78 Å². The van der Waals surface area contributed by atoms with E-state index in [4.69, 9.17) is 4.74 Å². The van der Waals surface area contributed by atoms with Crippen LogP contribution in [-0.2, 0) is 17.7 Å². The van der Waals surface area contributed by atoms with E-state index < -0.39 is 0 Å². The molecule has 25 heavy (non-hydrogen) atoms. The first kappa shape index (κ1) is 16.9. The average Bonchev–Trinajstić information content (AvgIpc) is 2.91.